The topological polar surface area (TPSA) is 195 Å². The van der Waals surface area contributed by atoms with E-state index in [1.54, 1.807) is 0 Å². The second kappa shape index (κ2) is 7.63. The van der Waals surface area contributed by atoms with Crippen LogP contribution in [-0.2, 0) is 14.2 Å². The minimum atomic E-state index is -1.68. The summed E-state index contributed by atoms with van der Waals surface area (Å²) < 4.78 is 15.5. The molecule has 10 atom stereocenters. The van der Waals surface area contributed by atoms with Crippen molar-refractivity contribution < 1.29 is 50.0 Å². The Balaban J connectivity index is 2.07. The first-order valence-corrected chi connectivity index (χ1v) is 7.15. The zero-order valence-electron chi connectivity index (χ0n) is 12.1. The molecule has 11 nitrogen and oxygen atoms in total. The van der Waals surface area contributed by atoms with Gasteiger partial charge >= 0.3 is 0 Å². The molecule has 136 valence electrons. The van der Waals surface area contributed by atoms with Crippen molar-refractivity contribution >= 4 is 0 Å². The largest absolute Gasteiger partial charge is 0.394 e. The smallest absolute Gasteiger partial charge is 0.189 e. The third-order valence-electron chi connectivity index (χ3n) is 4.05. The van der Waals surface area contributed by atoms with E-state index in [0.717, 1.165) is 0 Å². The predicted molar refractivity (Wildman–Crippen MR) is 70.6 cm³/mol. The number of hydrogen-bond donors (Lipinski definition) is 8. The van der Waals surface area contributed by atoms with Crippen LogP contribution in [0.2, 0.25) is 0 Å². The highest BCUT2D eigenvalue weighted by atomic mass is 16.8. The highest BCUT2D eigenvalue weighted by Crippen LogP contribution is 2.27. The average molecular weight is 341 g/mol. The van der Waals surface area contributed by atoms with E-state index in [-0.39, 0.29) is 0 Å². The minimum absolute atomic E-state index is 0.587. The molecular formula is C12H23NO10. The molecule has 0 bridgehead atoms. The Morgan fingerprint density at radius 3 is 1.70 bits per heavy atom. The van der Waals surface area contributed by atoms with Crippen molar-refractivity contribution in [2.75, 3.05) is 13.2 Å². The molecule has 2 saturated heterocycles. The summed E-state index contributed by atoms with van der Waals surface area (Å²) in [6.07, 6.45) is -13.0. The van der Waals surface area contributed by atoms with E-state index in [2.05, 4.69) is 0 Å². The number of aliphatic hydroxyl groups is 7. The first kappa shape index (κ1) is 18.9. The SMILES string of the molecule is N[C@H]1[C@@H](O)[C@@H](O[C@H]2O[C@H](CO)[C@@H](O)[C@H](O)[C@H]2O)O[C@H](CO)[C@H]1O. The predicted octanol–water partition coefficient (Wildman–Crippen LogP) is -5.43. The van der Waals surface area contributed by atoms with Gasteiger partial charge in [0.2, 0.25) is 0 Å². The van der Waals surface area contributed by atoms with Gasteiger partial charge in [0.05, 0.1) is 19.3 Å². The fraction of sp³-hybridized carbons (Fsp3) is 1.00. The van der Waals surface area contributed by atoms with Gasteiger partial charge in [0.1, 0.15) is 42.7 Å². The van der Waals surface area contributed by atoms with Crippen LogP contribution < -0.4 is 5.73 Å². The fourth-order valence-corrected chi connectivity index (χ4v) is 2.54. The molecular weight excluding hydrogens is 318 g/mol. The lowest BCUT2D eigenvalue weighted by molar-refractivity contribution is -0.368. The van der Waals surface area contributed by atoms with Crippen molar-refractivity contribution in [1.82, 2.24) is 0 Å². The molecule has 2 aliphatic heterocycles. The standard InChI is InChI=1S/C12H23NO10/c13-5-6(16)3(1-14)21-11(8(5)18)23-12-10(20)9(19)7(17)4(2-15)22-12/h3-12,14-20H,1-2,13H2/t3-,4-,5-,6-,7-,8-,9+,10-,11-,12-/m1/s1. The number of hydrogen-bond acceptors (Lipinski definition) is 11. The summed E-state index contributed by atoms with van der Waals surface area (Å²) in [4.78, 5) is 0. The normalized spacial score (nSPS) is 51.7. The maximum atomic E-state index is 9.96. The van der Waals surface area contributed by atoms with Crippen LogP contribution in [0, 0.1) is 0 Å². The summed E-state index contributed by atoms with van der Waals surface area (Å²) in [7, 11) is 0. The van der Waals surface area contributed by atoms with Gasteiger partial charge in [-0.25, -0.2) is 0 Å². The maximum absolute atomic E-state index is 9.96. The van der Waals surface area contributed by atoms with E-state index in [1.807, 2.05) is 0 Å². The molecule has 0 aromatic carbocycles. The van der Waals surface area contributed by atoms with E-state index < -0.39 is 74.6 Å². The second-order valence-electron chi connectivity index (χ2n) is 5.62. The van der Waals surface area contributed by atoms with Gasteiger partial charge in [-0.05, 0) is 0 Å². The molecule has 0 amide bonds. The Kier molecular flexibility index (Phi) is 6.27. The van der Waals surface area contributed by atoms with Gasteiger partial charge in [0.15, 0.2) is 12.6 Å². The van der Waals surface area contributed by atoms with Gasteiger partial charge in [-0.2, -0.15) is 0 Å². The van der Waals surface area contributed by atoms with Crippen LogP contribution in [0.15, 0.2) is 0 Å². The summed E-state index contributed by atoms with van der Waals surface area (Å²) in [5.41, 5.74) is 5.62. The Morgan fingerprint density at radius 2 is 1.17 bits per heavy atom. The summed E-state index contributed by atoms with van der Waals surface area (Å²) >= 11 is 0. The summed E-state index contributed by atoms with van der Waals surface area (Å²) in [6, 6.07) is -1.18. The van der Waals surface area contributed by atoms with Gasteiger partial charge in [-0.1, -0.05) is 0 Å². The van der Waals surface area contributed by atoms with Crippen molar-refractivity contribution in [3.63, 3.8) is 0 Å². The monoisotopic (exact) mass is 341 g/mol. The lowest BCUT2D eigenvalue weighted by Crippen LogP contribution is -2.65. The Labute approximate surface area is 131 Å². The molecule has 9 N–H and O–H groups in total. The van der Waals surface area contributed by atoms with Gasteiger partial charge in [0.25, 0.3) is 0 Å². The highest BCUT2D eigenvalue weighted by Gasteiger charge is 2.49. The molecule has 2 heterocycles. The molecule has 0 aliphatic carbocycles. The quantitative estimate of drug-likeness (QED) is 0.243. The van der Waals surface area contributed by atoms with Gasteiger partial charge in [0, 0.05) is 0 Å². The van der Waals surface area contributed by atoms with Crippen LogP contribution in [0.5, 0.6) is 0 Å². The van der Waals surface area contributed by atoms with Crippen LogP contribution in [0.1, 0.15) is 0 Å². The fourth-order valence-electron chi connectivity index (χ4n) is 2.54. The minimum Gasteiger partial charge on any atom is -0.394 e. The van der Waals surface area contributed by atoms with Crippen LogP contribution in [0.3, 0.4) is 0 Å². The van der Waals surface area contributed by atoms with Gasteiger partial charge < -0.3 is 55.7 Å². The molecule has 0 spiro atoms. The van der Waals surface area contributed by atoms with Crippen LogP contribution in [0.25, 0.3) is 0 Å². The molecule has 11 heteroatoms. The van der Waals surface area contributed by atoms with Crippen LogP contribution in [0.4, 0.5) is 0 Å². The number of ether oxygens (including phenoxy) is 3. The van der Waals surface area contributed by atoms with E-state index in [1.165, 1.54) is 0 Å². The summed E-state index contributed by atoms with van der Waals surface area (Å²) in [5.74, 6) is 0. The molecule has 0 saturated carbocycles. The first-order chi connectivity index (χ1) is 10.8. The molecule has 2 fully saturated rings. The second-order valence-corrected chi connectivity index (χ2v) is 5.62. The van der Waals surface area contributed by atoms with E-state index in [0.29, 0.717) is 0 Å². The van der Waals surface area contributed by atoms with Crippen LogP contribution in [-0.4, -0.2) is 110 Å². The van der Waals surface area contributed by atoms with E-state index in [9.17, 15) is 25.5 Å². The Hall–Kier alpha value is -0.440. The Bertz CT molecular complexity index is 349. The van der Waals surface area contributed by atoms with Gasteiger partial charge in [-0.15, -0.1) is 0 Å². The third kappa shape index (κ3) is 3.65. The lowest BCUT2D eigenvalue weighted by Gasteiger charge is -2.44. The molecule has 23 heavy (non-hydrogen) atoms. The highest BCUT2D eigenvalue weighted by molar-refractivity contribution is 4.93. The molecule has 2 rings (SSSR count). The number of nitrogens with two attached hydrogens (primary N) is 1. The van der Waals surface area contributed by atoms with Crippen molar-refractivity contribution in [1.29, 1.82) is 0 Å². The maximum Gasteiger partial charge on any atom is 0.189 e. The zero-order valence-corrected chi connectivity index (χ0v) is 12.1. The summed E-state index contributed by atoms with van der Waals surface area (Å²) in [6.45, 7) is -1.23. The molecule has 0 unspecified atom stereocenters. The summed E-state index contributed by atoms with van der Waals surface area (Å²) in [5, 5.41) is 67.1. The van der Waals surface area contributed by atoms with Crippen molar-refractivity contribution in [2.45, 2.75) is 61.3 Å². The lowest BCUT2D eigenvalue weighted by atomic mass is 9.97. The average Bonchev–Trinajstić information content (AvgIpc) is 2.55. The molecule has 0 radical (unpaired) electrons. The molecule has 2 aliphatic rings. The van der Waals surface area contributed by atoms with Crippen molar-refractivity contribution in [3.8, 4) is 0 Å². The number of aliphatic hydroxyl groups excluding tert-OH is 7. The van der Waals surface area contributed by atoms with Crippen molar-refractivity contribution in [3.05, 3.63) is 0 Å². The van der Waals surface area contributed by atoms with Gasteiger partial charge in [-0.3, -0.25) is 0 Å². The molecule has 0 aromatic rings. The van der Waals surface area contributed by atoms with Crippen molar-refractivity contribution in [2.24, 2.45) is 5.73 Å². The van der Waals surface area contributed by atoms with Crippen LogP contribution >= 0.6 is 0 Å². The zero-order chi connectivity index (χ0) is 17.3. The molecule has 0 aromatic heterocycles. The van der Waals surface area contributed by atoms with E-state index in [4.69, 9.17) is 30.2 Å². The van der Waals surface area contributed by atoms with E-state index >= 15 is 0 Å². The first-order valence-electron chi connectivity index (χ1n) is 7.15. The third-order valence-corrected chi connectivity index (χ3v) is 4.05. The Morgan fingerprint density at radius 1 is 0.696 bits per heavy atom. The number of rotatable bonds is 4.